The maximum absolute atomic E-state index is 5.65. The largest absolute Gasteiger partial charge is 0.497 e. The van der Waals surface area contributed by atoms with Crippen LogP contribution < -0.4 is 14.8 Å². The number of nitrogens with one attached hydrogen (secondary N) is 1. The average Bonchev–Trinajstić information content (AvgIpc) is 3.12. The Kier molecular flexibility index (Phi) is 9.96. The highest BCUT2D eigenvalue weighted by Gasteiger charge is 2.16. The van der Waals surface area contributed by atoms with Crippen LogP contribution in [0.1, 0.15) is 25.3 Å². The zero-order chi connectivity index (χ0) is 17.4. The van der Waals surface area contributed by atoms with Crippen molar-refractivity contribution in [3.63, 3.8) is 0 Å². The molecule has 1 N–H and O–H groups in total. The maximum atomic E-state index is 5.65. The highest BCUT2D eigenvalue weighted by Crippen LogP contribution is 2.25. The van der Waals surface area contributed by atoms with Crippen molar-refractivity contribution < 1.29 is 14.2 Å². The SMILES string of the molecule is CCNC(=NCC1CCCO1)N(C)Cc1ccc(OC)cc1OC.I. The summed E-state index contributed by atoms with van der Waals surface area (Å²) in [5.41, 5.74) is 1.09. The minimum Gasteiger partial charge on any atom is -0.497 e. The monoisotopic (exact) mass is 463 g/mol. The fourth-order valence-corrected chi connectivity index (χ4v) is 2.76. The number of guanidine groups is 1. The van der Waals surface area contributed by atoms with Crippen molar-refractivity contribution in [2.45, 2.75) is 32.4 Å². The lowest BCUT2D eigenvalue weighted by atomic mass is 10.2. The third-order valence-electron chi connectivity index (χ3n) is 4.07. The Morgan fingerprint density at radius 3 is 2.76 bits per heavy atom. The van der Waals surface area contributed by atoms with Gasteiger partial charge in [-0.1, -0.05) is 0 Å². The standard InChI is InChI=1S/C18H29N3O3.HI/c1-5-19-18(20-12-16-7-6-10-24-16)21(2)13-14-8-9-15(22-3)11-17(14)23-4;/h8-9,11,16H,5-7,10,12-13H2,1-4H3,(H,19,20);1H. The van der Waals surface area contributed by atoms with Crippen LogP contribution in [0.2, 0.25) is 0 Å². The number of hydrogen-bond acceptors (Lipinski definition) is 4. The second kappa shape index (κ2) is 11.4. The van der Waals surface area contributed by atoms with Crippen molar-refractivity contribution in [3.05, 3.63) is 23.8 Å². The van der Waals surface area contributed by atoms with E-state index in [0.717, 1.165) is 49.0 Å². The molecule has 1 saturated heterocycles. The van der Waals surface area contributed by atoms with Crippen LogP contribution in [-0.2, 0) is 11.3 Å². The van der Waals surface area contributed by atoms with Crippen molar-refractivity contribution >= 4 is 29.9 Å². The van der Waals surface area contributed by atoms with Gasteiger partial charge in [0.05, 0.1) is 26.9 Å². The first kappa shape index (κ1) is 21.8. The van der Waals surface area contributed by atoms with Crippen LogP contribution in [0, 0.1) is 0 Å². The van der Waals surface area contributed by atoms with Crippen LogP contribution in [0.4, 0.5) is 0 Å². The molecule has 1 unspecified atom stereocenters. The van der Waals surface area contributed by atoms with Crippen molar-refractivity contribution in [2.75, 3.05) is 41.0 Å². The molecule has 0 spiro atoms. The van der Waals surface area contributed by atoms with Gasteiger partial charge in [0.15, 0.2) is 5.96 Å². The van der Waals surface area contributed by atoms with Gasteiger partial charge in [-0.15, -0.1) is 24.0 Å². The zero-order valence-electron chi connectivity index (χ0n) is 15.6. The Hall–Kier alpha value is -1.22. The van der Waals surface area contributed by atoms with E-state index in [2.05, 4.69) is 17.1 Å². The van der Waals surface area contributed by atoms with Gasteiger partial charge < -0.3 is 24.4 Å². The van der Waals surface area contributed by atoms with E-state index in [4.69, 9.17) is 19.2 Å². The summed E-state index contributed by atoms with van der Waals surface area (Å²) in [4.78, 5) is 6.82. The summed E-state index contributed by atoms with van der Waals surface area (Å²) >= 11 is 0. The van der Waals surface area contributed by atoms with E-state index < -0.39 is 0 Å². The van der Waals surface area contributed by atoms with Crippen molar-refractivity contribution in [3.8, 4) is 11.5 Å². The number of aliphatic imine (C=N–C) groups is 1. The molecule has 6 nitrogen and oxygen atoms in total. The van der Waals surface area contributed by atoms with Gasteiger partial charge in [0, 0.05) is 38.4 Å². The van der Waals surface area contributed by atoms with Gasteiger partial charge in [0.2, 0.25) is 0 Å². The highest BCUT2D eigenvalue weighted by molar-refractivity contribution is 14.0. The molecule has 7 heteroatoms. The van der Waals surface area contributed by atoms with Crippen molar-refractivity contribution in [1.29, 1.82) is 0 Å². The van der Waals surface area contributed by atoms with E-state index in [0.29, 0.717) is 13.1 Å². The molecule has 25 heavy (non-hydrogen) atoms. The fourth-order valence-electron chi connectivity index (χ4n) is 2.76. The summed E-state index contributed by atoms with van der Waals surface area (Å²) in [6, 6.07) is 5.87. The average molecular weight is 463 g/mol. The lowest BCUT2D eigenvalue weighted by Gasteiger charge is -2.23. The van der Waals surface area contributed by atoms with Crippen LogP contribution >= 0.6 is 24.0 Å². The molecular formula is C18H30IN3O3. The van der Waals surface area contributed by atoms with Crippen LogP contribution in [0.25, 0.3) is 0 Å². The topological polar surface area (TPSA) is 55.3 Å². The molecule has 0 bridgehead atoms. The lowest BCUT2D eigenvalue weighted by Crippen LogP contribution is -2.39. The van der Waals surface area contributed by atoms with Gasteiger partial charge in [0.25, 0.3) is 0 Å². The third-order valence-corrected chi connectivity index (χ3v) is 4.07. The summed E-state index contributed by atoms with van der Waals surface area (Å²) < 4.78 is 16.4. The molecule has 1 heterocycles. The molecule has 0 aromatic heterocycles. The van der Waals surface area contributed by atoms with E-state index in [-0.39, 0.29) is 30.1 Å². The van der Waals surface area contributed by atoms with Crippen LogP contribution in [-0.4, -0.2) is 57.9 Å². The predicted octanol–water partition coefficient (Wildman–Crippen LogP) is 2.90. The van der Waals surface area contributed by atoms with Gasteiger partial charge in [-0.2, -0.15) is 0 Å². The Balaban J connectivity index is 0.00000312. The normalized spacial score (nSPS) is 17.0. The summed E-state index contributed by atoms with van der Waals surface area (Å²) in [5, 5.41) is 3.34. The van der Waals surface area contributed by atoms with Gasteiger partial charge >= 0.3 is 0 Å². The number of halogens is 1. The fraction of sp³-hybridized carbons (Fsp3) is 0.611. The molecule has 0 aliphatic carbocycles. The number of methoxy groups -OCH3 is 2. The number of nitrogens with zero attached hydrogens (tertiary/aromatic N) is 2. The first-order valence-electron chi connectivity index (χ1n) is 8.49. The molecular weight excluding hydrogens is 433 g/mol. The Bertz CT molecular complexity index is 548. The molecule has 1 aliphatic heterocycles. The van der Waals surface area contributed by atoms with E-state index >= 15 is 0 Å². The van der Waals surface area contributed by atoms with Crippen LogP contribution in [0.3, 0.4) is 0 Å². The molecule has 0 saturated carbocycles. The summed E-state index contributed by atoms with van der Waals surface area (Å²) in [6.07, 6.45) is 2.48. The third kappa shape index (κ3) is 6.54. The minimum absolute atomic E-state index is 0. The van der Waals surface area contributed by atoms with Gasteiger partial charge in [-0.3, -0.25) is 4.99 Å². The van der Waals surface area contributed by atoms with E-state index in [1.165, 1.54) is 0 Å². The second-order valence-electron chi connectivity index (χ2n) is 5.86. The van der Waals surface area contributed by atoms with Gasteiger partial charge in [-0.25, -0.2) is 0 Å². The summed E-state index contributed by atoms with van der Waals surface area (Å²) in [7, 11) is 5.36. The second-order valence-corrected chi connectivity index (χ2v) is 5.86. The molecule has 142 valence electrons. The number of rotatable bonds is 7. The molecule has 0 radical (unpaired) electrons. The summed E-state index contributed by atoms with van der Waals surface area (Å²) in [5.74, 6) is 2.49. The highest BCUT2D eigenvalue weighted by atomic mass is 127. The molecule has 1 aromatic rings. The van der Waals surface area contributed by atoms with E-state index in [1.807, 2.05) is 25.2 Å². The number of benzene rings is 1. The molecule has 1 aromatic carbocycles. The first-order chi connectivity index (χ1) is 11.7. The molecule has 1 fully saturated rings. The smallest absolute Gasteiger partial charge is 0.194 e. The molecule has 0 amide bonds. The Labute approximate surface area is 167 Å². The first-order valence-corrected chi connectivity index (χ1v) is 8.49. The van der Waals surface area contributed by atoms with Crippen molar-refractivity contribution in [2.24, 2.45) is 4.99 Å². The predicted molar refractivity (Wildman–Crippen MR) is 111 cm³/mol. The molecule has 1 aliphatic rings. The number of ether oxygens (including phenoxy) is 3. The van der Waals surface area contributed by atoms with Crippen LogP contribution in [0.5, 0.6) is 11.5 Å². The molecule has 1 atom stereocenters. The van der Waals surface area contributed by atoms with E-state index in [9.17, 15) is 0 Å². The minimum atomic E-state index is 0. The van der Waals surface area contributed by atoms with Gasteiger partial charge in [0.1, 0.15) is 11.5 Å². The Morgan fingerprint density at radius 1 is 1.36 bits per heavy atom. The quantitative estimate of drug-likeness (QED) is 0.383. The summed E-state index contributed by atoms with van der Waals surface area (Å²) in [6.45, 7) is 5.16. The zero-order valence-corrected chi connectivity index (χ0v) is 17.9. The lowest BCUT2D eigenvalue weighted by molar-refractivity contribution is 0.117. The van der Waals surface area contributed by atoms with Crippen LogP contribution in [0.15, 0.2) is 23.2 Å². The van der Waals surface area contributed by atoms with Gasteiger partial charge in [-0.05, 0) is 31.9 Å². The van der Waals surface area contributed by atoms with Crippen molar-refractivity contribution in [1.82, 2.24) is 10.2 Å². The Morgan fingerprint density at radius 2 is 2.16 bits per heavy atom. The maximum Gasteiger partial charge on any atom is 0.194 e. The van der Waals surface area contributed by atoms with E-state index in [1.54, 1.807) is 14.2 Å². The molecule has 2 rings (SSSR count). The number of hydrogen-bond donors (Lipinski definition) is 1.